The van der Waals surface area contributed by atoms with Gasteiger partial charge >= 0.3 is 0 Å². The van der Waals surface area contributed by atoms with Crippen LogP contribution in [0.25, 0.3) is 38.3 Å². The summed E-state index contributed by atoms with van der Waals surface area (Å²) in [5, 5.41) is 4.95. The van der Waals surface area contributed by atoms with Crippen LogP contribution in [0.15, 0.2) is 146 Å². The van der Waals surface area contributed by atoms with Gasteiger partial charge in [0.05, 0.1) is 22.4 Å². The van der Waals surface area contributed by atoms with Gasteiger partial charge in [0.1, 0.15) is 0 Å². The van der Waals surface area contributed by atoms with Gasteiger partial charge in [-0.3, -0.25) is 0 Å². The molecule has 7 aromatic rings. The van der Waals surface area contributed by atoms with Crippen LogP contribution in [0.5, 0.6) is 0 Å². The lowest BCUT2D eigenvalue weighted by atomic mass is 10.0. The highest BCUT2D eigenvalue weighted by molar-refractivity contribution is 6.11. The first-order valence-electron chi connectivity index (χ1n) is 12.3. The van der Waals surface area contributed by atoms with Crippen molar-refractivity contribution in [2.24, 2.45) is 0 Å². The first-order valence-corrected chi connectivity index (χ1v) is 12.3. The summed E-state index contributed by atoms with van der Waals surface area (Å²) in [5.74, 6) is 0. The Balaban J connectivity index is 1.66. The molecule has 0 saturated carbocycles. The van der Waals surface area contributed by atoms with Gasteiger partial charge in [0.2, 0.25) is 0 Å². The maximum absolute atomic E-state index is 2.42. The summed E-state index contributed by atoms with van der Waals surface area (Å²) in [6.45, 7) is 0. The van der Waals surface area contributed by atoms with Crippen LogP contribution in [0.2, 0.25) is 0 Å². The van der Waals surface area contributed by atoms with Gasteiger partial charge in [0.25, 0.3) is 0 Å². The van der Waals surface area contributed by atoms with Crippen LogP contribution in [-0.4, -0.2) is 4.57 Å². The van der Waals surface area contributed by atoms with Crippen molar-refractivity contribution in [3.8, 4) is 5.69 Å². The number of anilines is 3. The molecule has 36 heavy (non-hydrogen) atoms. The maximum Gasteiger partial charge on any atom is 0.0781 e. The van der Waals surface area contributed by atoms with Gasteiger partial charge in [-0.1, -0.05) is 103 Å². The maximum atomic E-state index is 2.42. The Morgan fingerprint density at radius 1 is 0.389 bits per heavy atom. The number of para-hydroxylation sites is 4. The molecule has 170 valence electrons. The molecule has 0 aliphatic carbocycles. The van der Waals surface area contributed by atoms with Crippen molar-refractivity contribution >= 4 is 49.6 Å². The summed E-state index contributed by atoms with van der Waals surface area (Å²) in [7, 11) is 0. The largest absolute Gasteiger partial charge is 0.308 e. The molecule has 0 unspecified atom stereocenters. The van der Waals surface area contributed by atoms with Crippen molar-refractivity contribution in [1.29, 1.82) is 0 Å². The van der Waals surface area contributed by atoms with Crippen LogP contribution in [0.1, 0.15) is 0 Å². The fraction of sp³-hybridized carbons (Fsp3) is 0. The SMILES string of the molecule is c1ccc(N(c2ccccc2)c2c(-n3c4ccccc4c4ccccc43)ccc3ccccc23)cc1. The minimum atomic E-state index is 1.13. The van der Waals surface area contributed by atoms with Crippen molar-refractivity contribution < 1.29 is 0 Å². The second-order valence-corrected chi connectivity index (χ2v) is 9.03. The van der Waals surface area contributed by atoms with Crippen molar-refractivity contribution in [2.75, 3.05) is 4.90 Å². The molecule has 7 rings (SSSR count). The molecule has 0 amide bonds. The lowest BCUT2D eigenvalue weighted by Crippen LogP contribution is -2.13. The highest BCUT2D eigenvalue weighted by Gasteiger charge is 2.22. The average molecular weight is 461 g/mol. The standard InChI is InChI=1S/C34H24N2/c1-3-14-26(15-4-1)35(27-16-5-2-6-17-27)34-28-18-8-7-13-25(28)23-24-33(34)36-31-21-11-9-19-29(31)30-20-10-12-22-32(30)36/h1-24H. The zero-order valence-corrected chi connectivity index (χ0v) is 19.8. The van der Waals surface area contributed by atoms with Gasteiger partial charge in [0, 0.05) is 27.5 Å². The summed E-state index contributed by atoms with van der Waals surface area (Å²) in [5.41, 5.74) is 6.98. The molecule has 2 heteroatoms. The number of nitrogens with zero attached hydrogens (tertiary/aromatic N) is 2. The molecule has 0 atom stereocenters. The Morgan fingerprint density at radius 2 is 0.861 bits per heavy atom. The van der Waals surface area contributed by atoms with Gasteiger partial charge in [-0.25, -0.2) is 0 Å². The van der Waals surface area contributed by atoms with Crippen LogP contribution >= 0.6 is 0 Å². The van der Waals surface area contributed by atoms with Gasteiger partial charge in [-0.15, -0.1) is 0 Å². The van der Waals surface area contributed by atoms with E-state index in [0.717, 1.165) is 22.7 Å². The lowest BCUT2D eigenvalue weighted by molar-refractivity contribution is 1.16. The molecule has 0 spiro atoms. The van der Waals surface area contributed by atoms with Crippen LogP contribution in [0.3, 0.4) is 0 Å². The van der Waals surface area contributed by atoms with Gasteiger partial charge in [-0.05, 0) is 47.9 Å². The molecule has 2 nitrogen and oxygen atoms in total. The van der Waals surface area contributed by atoms with E-state index in [1.807, 2.05) is 0 Å². The van der Waals surface area contributed by atoms with Crippen LogP contribution < -0.4 is 4.90 Å². The topological polar surface area (TPSA) is 8.17 Å². The van der Waals surface area contributed by atoms with E-state index in [1.165, 1.54) is 32.6 Å². The quantitative estimate of drug-likeness (QED) is 0.254. The van der Waals surface area contributed by atoms with Crippen LogP contribution in [0, 0.1) is 0 Å². The monoisotopic (exact) mass is 460 g/mol. The molecule has 1 heterocycles. The molecule has 0 radical (unpaired) electrons. The van der Waals surface area contributed by atoms with E-state index in [1.54, 1.807) is 0 Å². The third kappa shape index (κ3) is 3.19. The van der Waals surface area contributed by atoms with E-state index in [0.29, 0.717) is 0 Å². The fourth-order valence-corrected chi connectivity index (χ4v) is 5.40. The van der Waals surface area contributed by atoms with Gasteiger partial charge < -0.3 is 9.47 Å². The minimum absolute atomic E-state index is 1.13. The zero-order chi connectivity index (χ0) is 23.9. The predicted molar refractivity (Wildman–Crippen MR) is 153 cm³/mol. The smallest absolute Gasteiger partial charge is 0.0781 e. The first kappa shape index (κ1) is 20.5. The molecule has 0 fully saturated rings. The third-order valence-electron chi connectivity index (χ3n) is 6.95. The number of fused-ring (bicyclic) bond motifs is 4. The molecule has 1 aromatic heterocycles. The summed E-state index contributed by atoms with van der Waals surface area (Å²) < 4.78 is 2.42. The lowest BCUT2D eigenvalue weighted by Gasteiger charge is -2.29. The van der Waals surface area contributed by atoms with Gasteiger partial charge in [-0.2, -0.15) is 0 Å². The summed E-state index contributed by atoms with van der Waals surface area (Å²) in [6, 6.07) is 51.9. The molecule has 0 saturated heterocycles. The number of hydrogen-bond donors (Lipinski definition) is 0. The van der Waals surface area contributed by atoms with Crippen molar-refractivity contribution in [2.45, 2.75) is 0 Å². The van der Waals surface area contributed by atoms with Crippen LogP contribution in [0.4, 0.5) is 17.1 Å². The Kier molecular flexibility index (Phi) is 4.82. The molecule has 6 aromatic carbocycles. The minimum Gasteiger partial charge on any atom is -0.308 e. The van der Waals surface area contributed by atoms with Crippen LogP contribution in [-0.2, 0) is 0 Å². The number of aromatic nitrogens is 1. The summed E-state index contributed by atoms with van der Waals surface area (Å²) in [4.78, 5) is 2.39. The number of benzene rings is 6. The highest BCUT2D eigenvalue weighted by atomic mass is 15.2. The van der Waals surface area contributed by atoms with Gasteiger partial charge in [0.15, 0.2) is 0 Å². The molecule has 0 N–H and O–H groups in total. The van der Waals surface area contributed by atoms with E-state index in [-0.39, 0.29) is 0 Å². The highest BCUT2D eigenvalue weighted by Crippen LogP contribution is 2.44. The second kappa shape index (κ2) is 8.44. The Morgan fingerprint density at radius 3 is 1.44 bits per heavy atom. The Hall–Kier alpha value is -4.82. The summed E-state index contributed by atoms with van der Waals surface area (Å²) >= 11 is 0. The van der Waals surface area contributed by atoms with E-state index in [9.17, 15) is 0 Å². The van der Waals surface area contributed by atoms with E-state index < -0.39 is 0 Å². The predicted octanol–water partition coefficient (Wildman–Crippen LogP) is 9.41. The third-order valence-corrected chi connectivity index (χ3v) is 6.95. The zero-order valence-electron chi connectivity index (χ0n) is 19.8. The molecule has 0 bridgehead atoms. The van der Waals surface area contributed by atoms with Crippen molar-refractivity contribution in [3.63, 3.8) is 0 Å². The molecule has 0 aliphatic rings. The number of hydrogen-bond acceptors (Lipinski definition) is 1. The van der Waals surface area contributed by atoms with Crippen molar-refractivity contribution in [1.82, 2.24) is 4.57 Å². The van der Waals surface area contributed by atoms with E-state index in [4.69, 9.17) is 0 Å². The first-order chi connectivity index (χ1) is 17.9. The normalized spacial score (nSPS) is 11.3. The fourth-order valence-electron chi connectivity index (χ4n) is 5.40. The molecular weight excluding hydrogens is 436 g/mol. The average Bonchev–Trinajstić information content (AvgIpc) is 3.29. The second-order valence-electron chi connectivity index (χ2n) is 9.03. The Labute approximate surface area is 210 Å². The molecular formula is C34H24N2. The summed E-state index contributed by atoms with van der Waals surface area (Å²) in [6.07, 6.45) is 0. The Bertz CT molecular complexity index is 1740. The molecule has 0 aliphatic heterocycles. The van der Waals surface area contributed by atoms with Crippen molar-refractivity contribution in [3.05, 3.63) is 146 Å². The van der Waals surface area contributed by atoms with E-state index >= 15 is 0 Å². The number of rotatable bonds is 4. The van der Waals surface area contributed by atoms with E-state index in [2.05, 4.69) is 155 Å².